The highest BCUT2D eigenvalue weighted by Gasteiger charge is 2.14. The third-order valence-corrected chi connectivity index (χ3v) is 7.57. The van der Waals surface area contributed by atoms with E-state index in [9.17, 15) is 13.2 Å². The minimum Gasteiger partial charge on any atom is -0.322 e. The van der Waals surface area contributed by atoms with Crippen molar-refractivity contribution in [1.82, 2.24) is 0 Å². The Morgan fingerprint density at radius 1 is 0.765 bits per heavy atom. The van der Waals surface area contributed by atoms with Gasteiger partial charge in [0.05, 0.1) is 4.90 Å². The highest BCUT2D eigenvalue weighted by Crippen LogP contribution is 2.23. The van der Waals surface area contributed by atoms with Crippen LogP contribution in [0.5, 0.6) is 0 Å². The van der Waals surface area contributed by atoms with Gasteiger partial charge in [-0.2, -0.15) is 0 Å². The summed E-state index contributed by atoms with van der Waals surface area (Å²) in [6.07, 6.45) is 0. The average Bonchev–Trinajstić information content (AvgIpc) is 2.85. The Morgan fingerprint density at radius 3 is 2.03 bits per heavy atom. The fraction of sp³-hybridized carbons (Fsp3) is 0.0741. The molecule has 0 spiro atoms. The van der Waals surface area contributed by atoms with Crippen molar-refractivity contribution in [3.63, 3.8) is 0 Å². The molecule has 0 saturated heterocycles. The van der Waals surface area contributed by atoms with E-state index < -0.39 is 10.0 Å². The molecule has 0 aromatic heterocycles. The second kappa shape index (κ2) is 10.6. The molecule has 0 aliphatic rings. The largest absolute Gasteiger partial charge is 0.322 e. The predicted octanol–water partition coefficient (Wildman–Crippen LogP) is 6.34. The molecular weight excluding hydrogens is 464 g/mol. The molecule has 0 bridgehead atoms. The van der Waals surface area contributed by atoms with Gasteiger partial charge in [-0.1, -0.05) is 48.0 Å². The molecule has 0 aliphatic heterocycles. The lowest BCUT2D eigenvalue weighted by Gasteiger charge is -2.10. The summed E-state index contributed by atoms with van der Waals surface area (Å²) >= 11 is 1.76. The first-order valence-corrected chi connectivity index (χ1v) is 13.1. The van der Waals surface area contributed by atoms with Gasteiger partial charge in [0, 0.05) is 27.6 Å². The summed E-state index contributed by atoms with van der Waals surface area (Å²) in [4.78, 5) is 14.0. The summed E-state index contributed by atoms with van der Waals surface area (Å²) in [7, 11) is -3.69. The molecule has 1 amide bonds. The van der Waals surface area contributed by atoms with Gasteiger partial charge in [0.1, 0.15) is 0 Å². The van der Waals surface area contributed by atoms with Crippen LogP contribution < -0.4 is 10.0 Å². The van der Waals surface area contributed by atoms with Gasteiger partial charge < -0.3 is 5.32 Å². The molecule has 0 fully saturated rings. The number of nitrogens with one attached hydrogen (secondary N) is 2. The topological polar surface area (TPSA) is 75.3 Å². The van der Waals surface area contributed by atoms with Gasteiger partial charge in [0.25, 0.3) is 15.9 Å². The number of hydrogen-bond acceptors (Lipinski definition) is 4. The zero-order valence-electron chi connectivity index (χ0n) is 18.6. The third kappa shape index (κ3) is 6.27. The van der Waals surface area contributed by atoms with Crippen molar-refractivity contribution < 1.29 is 13.2 Å². The van der Waals surface area contributed by atoms with Crippen LogP contribution in [0.4, 0.5) is 11.4 Å². The first-order valence-electron chi connectivity index (χ1n) is 10.7. The Balaban J connectivity index is 1.34. The molecule has 4 aromatic carbocycles. The van der Waals surface area contributed by atoms with Crippen LogP contribution in [0, 0.1) is 6.92 Å². The van der Waals surface area contributed by atoms with Crippen molar-refractivity contribution in [3.8, 4) is 0 Å². The number of sulfonamides is 1. The van der Waals surface area contributed by atoms with Gasteiger partial charge in [-0.3, -0.25) is 9.52 Å². The molecule has 0 heterocycles. The predicted molar refractivity (Wildman–Crippen MR) is 139 cm³/mol. The van der Waals surface area contributed by atoms with Crippen molar-refractivity contribution in [2.75, 3.05) is 10.0 Å². The zero-order valence-corrected chi connectivity index (χ0v) is 20.2. The smallest absolute Gasteiger partial charge is 0.261 e. The molecule has 5 nitrogen and oxygen atoms in total. The highest BCUT2D eigenvalue weighted by molar-refractivity contribution is 7.98. The fourth-order valence-corrected chi connectivity index (χ4v) is 5.13. The number of aryl methyl sites for hydroxylation is 1. The van der Waals surface area contributed by atoms with E-state index in [0.29, 0.717) is 16.9 Å². The van der Waals surface area contributed by atoms with E-state index in [1.54, 1.807) is 60.3 Å². The fourth-order valence-electron chi connectivity index (χ4n) is 3.19. The number of hydrogen-bond donors (Lipinski definition) is 2. The maximum Gasteiger partial charge on any atom is 0.261 e. The van der Waals surface area contributed by atoms with Gasteiger partial charge in [0.2, 0.25) is 0 Å². The Bertz CT molecular complexity index is 1350. The Hall–Kier alpha value is -3.55. The van der Waals surface area contributed by atoms with Crippen molar-refractivity contribution >= 4 is 39.1 Å². The molecule has 2 N–H and O–H groups in total. The van der Waals surface area contributed by atoms with Crippen LogP contribution in [0.2, 0.25) is 0 Å². The van der Waals surface area contributed by atoms with Crippen LogP contribution in [0.15, 0.2) is 113 Å². The molecule has 0 unspecified atom stereocenters. The Labute approximate surface area is 204 Å². The highest BCUT2D eigenvalue weighted by atomic mass is 32.2. The van der Waals surface area contributed by atoms with Gasteiger partial charge in [-0.25, -0.2) is 8.42 Å². The third-order valence-electron chi connectivity index (χ3n) is 5.09. The molecule has 0 atom stereocenters. The summed E-state index contributed by atoms with van der Waals surface area (Å²) in [5, 5.41) is 2.87. The van der Waals surface area contributed by atoms with E-state index >= 15 is 0 Å². The van der Waals surface area contributed by atoms with Gasteiger partial charge in [0.15, 0.2) is 0 Å². The van der Waals surface area contributed by atoms with Crippen molar-refractivity contribution in [3.05, 3.63) is 120 Å². The van der Waals surface area contributed by atoms with E-state index in [0.717, 1.165) is 16.9 Å². The van der Waals surface area contributed by atoms with E-state index in [-0.39, 0.29) is 10.8 Å². The Kier molecular flexibility index (Phi) is 7.35. The number of rotatable bonds is 8. The first kappa shape index (κ1) is 23.6. The summed E-state index contributed by atoms with van der Waals surface area (Å²) in [5.74, 6) is 0.581. The molecule has 4 aromatic rings. The van der Waals surface area contributed by atoms with E-state index in [1.807, 2.05) is 49.4 Å². The number of anilines is 2. The maximum absolute atomic E-state index is 12.6. The molecular formula is C27H24N2O3S2. The minimum atomic E-state index is -3.69. The number of carbonyl (C=O) groups is 1. The second-order valence-corrected chi connectivity index (χ2v) is 10.5. The van der Waals surface area contributed by atoms with Crippen LogP contribution >= 0.6 is 11.8 Å². The van der Waals surface area contributed by atoms with Crippen LogP contribution in [0.25, 0.3) is 0 Å². The Morgan fingerprint density at radius 2 is 1.38 bits per heavy atom. The van der Waals surface area contributed by atoms with Crippen LogP contribution in [0.3, 0.4) is 0 Å². The summed E-state index contributed by atoms with van der Waals surface area (Å²) < 4.78 is 27.6. The van der Waals surface area contributed by atoms with E-state index in [2.05, 4.69) is 22.2 Å². The lowest BCUT2D eigenvalue weighted by molar-refractivity contribution is 0.102. The normalized spacial score (nSPS) is 11.1. The molecule has 4 rings (SSSR count). The maximum atomic E-state index is 12.6. The molecule has 34 heavy (non-hydrogen) atoms. The standard InChI is InChI=1S/C27H24N2O3S2/c1-20-7-17-26(18-8-20)34(31,32)29-24-15-11-22(12-16-24)27(30)28-23-13-9-21(10-14-23)19-33-25-5-3-2-4-6-25/h2-18,29H,19H2,1H3,(H,28,30). The summed E-state index contributed by atoms with van der Waals surface area (Å²) in [6.45, 7) is 1.90. The molecule has 172 valence electrons. The monoisotopic (exact) mass is 488 g/mol. The lowest BCUT2D eigenvalue weighted by Crippen LogP contribution is -2.14. The van der Waals surface area contributed by atoms with Gasteiger partial charge >= 0.3 is 0 Å². The van der Waals surface area contributed by atoms with E-state index in [1.165, 1.54) is 4.90 Å². The SMILES string of the molecule is Cc1ccc(S(=O)(=O)Nc2ccc(C(=O)Nc3ccc(CSc4ccccc4)cc3)cc2)cc1. The summed E-state index contributed by atoms with van der Waals surface area (Å²) in [6, 6.07) is 30.9. The lowest BCUT2D eigenvalue weighted by atomic mass is 10.2. The quantitative estimate of drug-likeness (QED) is 0.284. The van der Waals surface area contributed by atoms with Crippen molar-refractivity contribution in [2.45, 2.75) is 22.5 Å². The number of amides is 1. The van der Waals surface area contributed by atoms with Crippen molar-refractivity contribution in [2.24, 2.45) is 0 Å². The summed E-state index contributed by atoms with van der Waals surface area (Å²) in [5.41, 5.74) is 3.66. The second-order valence-electron chi connectivity index (χ2n) is 7.75. The van der Waals surface area contributed by atoms with Crippen LogP contribution in [0.1, 0.15) is 21.5 Å². The van der Waals surface area contributed by atoms with Crippen LogP contribution in [-0.2, 0) is 15.8 Å². The molecule has 0 saturated carbocycles. The number of thioether (sulfide) groups is 1. The van der Waals surface area contributed by atoms with Crippen LogP contribution in [-0.4, -0.2) is 14.3 Å². The van der Waals surface area contributed by atoms with E-state index in [4.69, 9.17) is 0 Å². The van der Waals surface area contributed by atoms with Crippen molar-refractivity contribution in [1.29, 1.82) is 0 Å². The molecule has 0 radical (unpaired) electrons. The molecule has 0 aliphatic carbocycles. The zero-order chi connectivity index (χ0) is 24.0. The number of benzene rings is 4. The van der Waals surface area contributed by atoms with Gasteiger partial charge in [-0.15, -0.1) is 11.8 Å². The molecule has 7 heteroatoms. The minimum absolute atomic E-state index is 0.186. The average molecular weight is 489 g/mol. The van der Waals surface area contributed by atoms with Gasteiger partial charge in [-0.05, 0) is 73.2 Å². The first-order chi connectivity index (χ1) is 16.4. The number of carbonyl (C=O) groups excluding carboxylic acids is 1.